The zero-order chi connectivity index (χ0) is 12.0. The van der Waals surface area contributed by atoms with E-state index in [2.05, 4.69) is 12.2 Å². The van der Waals surface area contributed by atoms with Crippen LogP contribution < -0.4 is 5.32 Å². The zero-order valence-electron chi connectivity index (χ0n) is 9.57. The van der Waals surface area contributed by atoms with E-state index in [1.54, 1.807) is 11.8 Å². The van der Waals surface area contributed by atoms with Crippen molar-refractivity contribution in [3.63, 3.8) is 0 Å². The third kappa shape index (κ3) is 4.43. The van der Waals surface area contributed by atoms with Gasteiger partial charge in [-0.2, -0.15) is 11.8 Å². The van der Waals surface area contributed by atoms with Crippen LogP contribution in [0.15, 0.2) is 0 Å². The molecule has 4 nitrogen and oxygen atoms in total. The van der Waals surface area contributed by atoms with Gasteiger partial charge in [0.1, 0.15) is 0 Å². The van der Waals surface area contributed by atoms with Crippen LogP contribution in [0, 0.1) is 5.92 Å². The van der Waals surface area contributed by atoms with E-state index in [-0.39, 0.29) is 17.9 Å². The van der Waals surface area contributed by atoms with Crippen LogP contribution in [-0.2, 0) is 9.59 Å². The first-order chi connectivity index (χ1) is 7.63. The summed E-state index contributed by atoms with van der Waals surface area (Å²) in [4.78, 5) is 22.2. The number of hydrogen-bond donors (Lipinski definition) is 2. The van der Waals surface area contributed by atoms with Gasteiger partial charge in [0.2, 0.25) is 5.91 Å². The van der Waals surface area contributed by atoms with Crippen LogP contribution in [0.1, 0.15) is 32.6 Å². The molecule has 2 N–H and O–H groups in total. The topological polar surface area (TPSA) is 66.4 Å². The van der Waals surface area contributed by atoms with Crippen molar-refractivity contribution in [3.05, 3.63) is 0 Å². The highest BCUT2D eigenvalue weighted by Gasteiger charge is 2.30. The minimum absolute atomic E-state index is 0.0528. The van der Waals surface area contributed by atoms with Crippen LogP contribution in [0.2, 0.25) is 0 Å². The Hall–Kier alpha value is -0.710. The smallest absolute Gasteiger partial charge is 0.306 e. The summed E-state index contributed by atoms with van der Waals surface area (Å²) < 4.78 is 0. The molecule has 16 heavy (non-hydrogen) atoms. The van der Waals surface area contributed by atoms with Crippen LogP contribution in [0.25, 0.3) is 0 Å². The Morgan fingerprint density at radius 2 is 2.19 bits per heavy atom. The maximum atomic E-state index is 11.5. The number of thioether (sulfide) groups is 1. The van der Waals surface area contributed by atoms with Crippen LogP contribution in [0.4, 0.5) is 0 Å². The van der Waals surface area contributed by atoms with Gasteiger partial charge in [-0.15, -0.1) is 0 Å². The van der Waals surface area contributed by atoms with Gasteiger partial charge in [-0.1, -0.05) is 6.92 Å². The van der Waals surface area contributed by atoms with Crippen molar-refractivity contribution in [1.29, 1.82) is 0 Å². The molecule has 0 aromatic heterocycles. The summed E-state index contributed by atoms with van der Waals surface area (Å²) in [6.45, 7) is 2.07. The fraction of sp³-hybridized carbons (Fsp3) is 0.818. The number of carbonyl (C=O) groups excluding carboxylic acids is 1. The number of carboxylic acids is 1. The van der Waals surface area contributed by atoms with E-state index in [1.807, 2.05) is 0 Å². The van der Waals surface area contributed by atoms with Crippen molar-refractivity contribution < 1.29 is 14.7 Å². The summed E-state index contributed by atoms with van der Waals surface area (Å²) in [5.41, 5.74) is 0. The Morgan fingerprint density at radius 1 is 1.44 bits per heavy atom. The normalized spacial score (nSPS) is 24.3. The van der Waals surface area contributed by atoms with E-state index in [0.717, 1.165) is 17.9 Å². The molecule has 1 aliphatic rings. The second-order valence-electron chi connectivity index (χ2n) is 4.06. The number of nitrogens with one attached hydrogen (secondary N) is 1. The Bertz CT molecular complexity index is 258. The molecule has 1 fully saturated rings. The van der Waals surface area contributed by atoms with Gasteiger partial charge < -0.3 is 10.4 Å². The van der Waals surface area contributed by atoms with Crippen LogP contribution in [0.3, 0.4) is 0 Å². The molecule has 0 aliphatic heterocycles. The third-order valence-electron chi connectivity index (χ3n) is 2.82. The Balaban J connectivity index is 2.18. The minimum Gasteiger partial charge on any atom is -0.481 e. The van der Waals surface area contributed by atoms with Gasteiger partial charge in [-0.25, -0.2) is 0 Å². The highest BCUT2D eigenvalue weighted by Crippen LogP contribution is 2.25. The summed E-state index contributed by atoms with van der Waals surface area (Å²) in [5, 5.41) is 11.7. The molecule has 1 aliphatic carbocycles. The van der Waals surface area contributed by atoms with Gasteiger partial charge in [-0.3, -0.25) is 9.59 Å². The van der Waals surface area contributed by atoms with Crippen molar-refractivity contribution in [2.24, 2.45) is 5.92 Å². The van der Waals surface area contributed by atoms with Gasteiger partial charge in [0.25, 0.3) is 0 Å². The van der Waals surface area contributed by atoms with E-state index in [9.17, 15) is 9.59 Å². The molecule has 5 heteroatoms. The Morgan fingerprint density at radius 3 is 2.75 bits per heavy atom. The predicted octanol–water partition coefficient (Wildman–Crippen LogP) is 1.50. The molecule has 0 saturated heterocycles. The number of amides is 1. The average Bonchev–Trinajstić information content (AvgIpc) is 2.66. The standard InChI is InChI=1S/C11H19NO3S/c1-2-16-6-5-10(13)12-9-4-3-8(7-9)11(14)15/h8-9H,2-7H2,1H3,(H,12,13)(H,14,15). The molecule has 2 unspecified atom stereocenters. The zero-order valence-corrected chi connectivity index (χ0v) is 10.4. The molecule has 0 radical (unpaired) electrons. The van der Waals surface area contributed by atoms with E-state index in [0.29, 0.717) is 19.3 Å². The number of aliphatic carboxylic acids is 1. The lowest BCUT2D eigenvalue weighted by Gasteiger charge is -2.12. The maximum absolute atomic E-state index is 11.5. The van der Waals surface area contributed by atoms with E-state index >= 15 is 0 Å². The second-order valence-corrected chi connectivity index (χ2v) is 5.45. The lowest BCUT2D eigenvalue weighted by Crippen LogP contribution is -2.33. The average molecular weight is 245 g/mol. The third-order valence-corrected chi connectivity index (χ3v) is 3.73. The number of carboxylic acid groups (broad SMARTS) is 1. The van der Waals surface area contributed by atoms with Crippen LogP contribution in [0.5, 0.6) is 0 Å². The largest absolute Gasteiger partial charge is 0.481 e. The summed E-state index contributed by atoms with van der Waals surface area (Å²) >= 11 is 1.74. The second kappa shape index (κ2) is 6.78. The fourth-order valence-corrected chi connectivity index (χ4v) is 2.56. The molecular weight excluding hydrogens is 226 g/mol. The molecule has 1 amide bonds. The molecule has 0 aromatic carbocycles. The molecule has 0 heterocycles. The first-order valence-corrected chi connectivity index (χ1v) is 6.88. The van der Waals surface area contributed by atoms with Gasteiger partial charge in [0, 0.05) is 18.2 Å². The molecule has 0 spiro atoms. The first-order valence-electron chi connectivity index (χ1n) is 5.73. The van der Waals surface area contributed by atoms with Crippen molar-refractivity contribution in [2.45, 2.75) is 38.6 Å². The van der Waals surface area contributed by atoms with Crippen molar-refractivity contribution in [2.75, 3.05) is 11.5 Å². The molecule has 1 saturated carbocycles. The first kappa shape index (κ1) is 13.4. The van der Waals surface area contributed by atoms with Gasteiger partial charge in [-0.05, 0) is 25.0 Å². The fourth-order valence-electron chi connectivity index (χ4n) is 1.95. The monoisotopic (exact) mass is 245 g/mol. The van der Waals surface area contributed by atoms with Crippen molar-refractivity contribution in [1.82, 2.24) is 5.32 Å². The summed E-state index contributed by atoms with van der Waals surface area (Å²) in [7, 11) is 0. The quantitative estimate of drug-likeness (QED) is 0.696. The molecule has 0 bridgehead atoms. The molecule has 92 valence electrons. The maximum Gasteiger partial charge on any atom is 0.306 e. The summed E-state index contributed by atoms with van der Waals surface area (Å²) in [5.74, 6) is 0.917. The van der Waals surface area contributed by atoms with Crippen LogP contribution >= 0.6 is 11.8 Å². The Kier molecular flexibility index (Phi) is 5.66. The SMILES string of the molecule is CCSCCC(=O)NC1CCC(C(=O)O)C1. The lowest BCUT2D eigenvalue weighted by atomic mass is 10.1. The number of hydrogen-bond acceptors (Lipinski definition) is 3. The Labute approximate surface area is 100 Å². The molecular formula is C11H19NO3S. The lowest BCUT2D eigenvalue weighted by molar-refractivity contribution is -0.141. The van der Waals surface area contributed by atoms with Gasteiger partial charge in [0.05, 0.1) is 5.92 Å². The van der Waals surface area contributed by atoms with Crippen molar-refractivity contribution in [3.8, 4) is 0 Å². The molecule has 1 rings (SSSR count). The van der Waals surface area contributed by atoms with Gasteiger partial charge in [0.15, 0.2) is 0 Å². The van der Waals surface area contributed by atoms with Crippen molar-refractivity contribution >= 4 is 23.6 Å². The van der Waals surface area contributed by atoms with Crippen LogP contribution in [-0.4, -0.2) is 34.5 Å². The number of carbonyl (C=O) groups is 2. The highest BCUT2D eigenvalue weighted by atomic mass is 32.2. The predicted molar refractivity (Wildman–Crippen MR) is 64.5 cm³/mol. The van der Waals surface area contributed by atoms with E-state index in [4.69, 9.17) is 5.11 Å². The minimum atomic E-state index is -0.738. The number of rotatable bonds is 6. The highest BCUT2D eigenvalue weighted by molar-refractivity contribution is 7.99. The van der Waals surface area contributed by atoms with E-state index in [1.165, 1.54) is 0 Å². The summed E-state index contributed by atoms with van der Waals surface area (Å²) in [6.07, 6.45) is 2.60. The summed E-state index contributed by atoms with van der Waals surface area (Å²) in [6, 6.07) is 0.0697. The molecule has 2 atom stereocenters. The molecule has 0 aromatic rings. The van der Waals surface area contributed by atoms with Gasteiger partial charge >= 0.3 is 5.97 Å². The van der Waals surface area contributed by atoms with E-state index < -0.39 is 5.97 Å².